The Kier molecular flexibility index (Phi) is 8.06. The molecule has 0 bridgehead atoms. The standard InChI is InChI=1S/C21H25NO4/c1-3-14-26-19-11-9-17(16-20(19)24-2)10-12-21(23)22-13-15-25-18-7-5-4-6-8-18/h4-12,16H,3,13-15H2,1-2H3,(H,22,23). The second-order valence-electron chi connectivity index (χ2n) is 5.54. The zero-order valence-corrected chi connectivity index (χ0v) is 15.2. The van der Waals surface area contributed by atoms with Gasteiger partial charge in [0.05, 0.1) is 20.3 Å². The molecule has 0 saturated carbocycles. The number of para-hydroxylation sites is 1. The fourth-order valence-corrected chi connectivity index (χ4v) is 2.21. The number of methoxy groups -OCH3 is 1. The zero-order valence-electron chi connectivity index (χ0n) is 15.2. The Labute approximate surface area is 154 Å². The predicted molar refractivity (Wildman–Crippen MR) is 103 cm³/mol. The maximum absolute atomic E-state index is 11.9. The Morgan fingerprint density at radius 3 is 2.58 bits per heavy atom. The highest BCUT2D eigenvalue weighted by Gasteiger charge is 2.04. The maximum atomic E-state index is 11.9. The van der Waals surface area contributed by atoms with Crippen molar-refractivity contribution >= 4 is 12.0 Å². The summed E-state index contributed by atoms with van der Waals surface area (Å²) >= 11 is 0. The second-order valence-corrected chi connectivity index (χ2v) is 5.54. The van der Waals surface area contributed by atoms with Crippen molar-refractivity contribution in [3.05, 3.63) is 60.2 Å². The van der Waals surface area contributed by atoms with E-state index in [0.717, 1.165) is 17.7 Å². The van der Waals surface area contributed by atoms with Gasteiger partial charge in [-0.3, -0.25) is 4.79 Å². The molecule has 0 atom stereocenters. The molecule has 2 aromatic carbocycles. The molecular weight excluding hydrogens is 330 g/mol. The minimum atomic E-state index is -0.174. The van der Waals surface area contributed by atoms with E-state index in [2.05, 4.69) is 5.32 Å². The maximum Gasteiger partial charge on any atom is 0.244 e. The van der Waals surface area contributed by atoms with Crippen LogP contribution in [0.15, 0.2) is 54.6 Å². The Hall–Kier alpha value is -2.95. The van der Waals surface area contributed by atoms with Gasteiger partial charge in [0, 0.05) is 6.08 Å². The summed E-state index contributed by atoms with van der Waals surface area (Å²) in [6.07, 6.45) is 4.16. The number of amides is 1. The average Bonchev–Trinajstić information content (AvgIpc) is 2.69. The molecule has 2 aromatic rings. The van der Waals surface area contributed by atoms with Gasteiger partial charge in [-0.15, -0.1) is 0 Å². The lowest BCUT2D eigenvalue weighted by molar-refractivity contribution is -0.116. The molecule has 0 heterocycles. The Balaban J connectivity index is 1.79. The first-order valence-electron chi connectivity index (χ1n) is 8.67. The van der Waals surface area contributed by atoms with Crippen molar-refractivity contribution in [1.82, 2.24) is 5.32 Å². The molecule has 0 aliphatic heterocycles. The monoisotopic (exact) mass is 355 g/mol. The van der Waals surface area contributed by atoms with Crippen LogP contribution in [0.3, 0.4) is 0 Å². The quantitative estimate of drug-likeness (QED) is 0.522. The third-order valence-corrected chi connectivity index (χ3v) is 3.49. The van der Waals surface area contributed by atoms with Gasteiger partial charge in [-0.05, 0) is 42.3 Å². The van der Waals surface area contributed by atoms with Crippen LogP contribution in [0.2, 0.25) is 0 Å². The number of rotatable bonds is 10. The van der Waals surface area contributed by atoms with Crippen molar-refractivity contribution in [1.29, 1.82) is 0 Å². The third-order valence-electron chi connectivity index (χ3n) is 3.49. The summed E-state index contributed by atoms with van der Waals surface area (Å²) in [6, 6.07) is 15.1. The summed E-state index contributed by atoms with van der Waals surface area (Å²) in [5, 5.41) is 2.78. The highest BCUT2D eigenvalue weighted by atomic mass is 16.5. The van der Waals surface area contributed by atoms with Crippen LogP contribution in [-0.4, -0.2) is 32.8 Å². The van der Waals surface area contributed by atoms with E-state index < -0.39 is 0 Å². The van der Waals surface area contributed by atoms with E-state index in [9.17, 15) is 4.79 Å². The molecule has 0 aromatic heterocycles. The molecule has 2 rings (SSSR count). The van der Waals surface area contributed by atoms with E-state index in [0.29, 0.717) is 31.3 Å². The lowest BCUT2D eigenvalue weighted by Crippen LogP contribution is -2.26. The molecule has 0 fully saturated rings. The number of ether oxygens (including phenoxy) is 3. The number of benzene rings is 2. The number of carbonyl (C=O) groups is 1. The van der Waals surface area contributed by atoms with Crippen molar-refractivity contribution in [3.63, 3.8) is 0 Å². The number of nitrogens with one attached hydrogen (secondary N) is 1. The Morgan fingerprint density at radius 2 is 1.85 bits per heavy atom. The van der Waals surface area contributed by atoms with E-state index in [1.54, 1.807) is 13.2 Å². The Morgan fingerprint density at radius 1 is 1.04 bits per heavy atom. The number of hydrogen-bond donors (Lipinski definition) is 1. The van der Waals surface area contributed by atoms with Crippen LogP contribution >= 0.6 is 0 Å². The van der Waals surface area contributed by atoms with Gasteiger partial charge in [-0.25, -0.2) is 0 Å². The summed E-state index contributed by atoms with van der Waals surface area (Å²) in [6.45, 7) is 3.54. The normalized spacial score (nSPS) is 10.5. The first-order chi connectivity index (χ1) is 12.7. The van der Waals surface area contributed by atoms with Crippen LogP contribution in [0.25, 0.3) is 6.08 Å². The highest BCUT2D eigenvalue weighted by molar-refractivity contribution is 5.91. The highest BCUT2D eigenvalue weighted by Crippen LogP contribution is 2.28. The van der Waals surface area contributed by atoms with Gasteiger partial charge in [-0.2, -0.15) is 0 Å². The van der Waals surface area contributed by atoms with Gasteiger partial charge in [0.25, 0.3) is 0 Å². The minimum absolute atomic E-state index is 0.174. The summed E-state index contributed by atoms with van der Waals surface area (Å²) in [4.78, 5) is 11.9. The van der Waals surface area contributed by atoms with Gasteiger partial charge in [0.2, 0.25) is 5.91 Å². The summed E-state index contributed by atoms with van der Waals surface area (Å²) in [5.74, 6) is 1.97. The number of carbonyl (C=O) groups excluding carboxylic acids is 1. The van der Waals surface area contributed by atoms with Crippen LogP contribution in [0.1, 0.15) is 18.9 Å². The smallest absolute Gasteiger partial charge is 0.244 e. The van der Waals surface area contributed by atoms with E-state index in [4.69, 9.17) is 14.2 Å². The van der Waals surface area contributed by atoms with E-state index >= 15 is 0 Å². The first kappa shape index (κ1) is 19.4. The molecular formula is C21H25NO4. The third kappa shape index (κ3) is 6.51. The van der Waals surface area contributed by atoms with Gasteiger partial charge in [-0.1, -0.05) is 31.2 Å². The summed E-state index contributed by atoms with van der Waals surface area (Å²) < 4.78 is 16.5. The molecule has 5 nitrogen and oxygen atoms in total. The predicted octanol–water partition coefficient (Wildman–Crippen LogP) is 3.69. The van der Waals surface area contributed by atoms with Crippen molar-refractivity contribution in [3.8, 4) is 17.2 Å². The lowest BCUT2D eigenvalue weighted by atomic mass is 10.2. The van der Waals surface area contributed by atoms with E-state index in [1.807, 2.05) is 55.5 Å². The lowest BCUT2D eigenvalue weighted by Gasteiger charge is -2.10. The van der Waals surface area contributed by atoms with E-state index in [-0.39, 0.29) is 5.91 Å². The number of hydrogen-bond acceptors (Lipinski definition) is 4. The van der Waals surface area contributed by atoms with Crippen LogP contribution < -0.4 is 19.5 Å². The zero-order chi connectivity index (χ0) is 18.6. The molecule has 0 aliphatic carbocycles. The largest absolute Gasteiger partial charge is 0.493 e. The summed E-state index contributed by atoms with van der Waals surface area (Å²) in [7, 11) is 1.60. The van der Waals surface area contributed by atoms with E-state index in [1.165, 1.54) is 6.08 Å². The molecule has 1 amide bonds. The molecule has 1 N–H and O–H groups in total. The minimum Gasteiger partial charge on any atom is -0.493 e. The van der Waals surface area contributed by atoms with Crippen LogP contribution in [0.4, 0.5) is 0 Å². The molecule has 26 heavy (non-hydrogen) atoms. The first-order valence-corrected chi connectivity index (χ1v) is 8.67. The van der Waals surface area contributed by atoms with Crippen molar-refractivity contribution in [2.24, 2.45) is 0 Å². The molecule has 0 saturated heterocycles. The average molecular weight is 355 g/mol. The molecule has 0 radical (unpaired) electrons. The van der Waals surface area contributed by atoms with Gasteiger partial charge >= 0.3 is 0 Å². The van der Waals surface area contributed by atoms with Gasteiger partial charge < -0.3 is 19.5 Å². The summed E-state index contributed by atoms with van der Waals surface area (Å²) in [5.41, 5.74) is 0.862. The van der Waals surface area contributed by atoms with Crippen LogP contribution in [0.5, 0.6) is 17.2 Å². The van der Waals surface area contributed by atoms with Gasteiger partial charge in [0.15, 0.2) is 11.5 Å². The molecule has 5 heteroatoms. The van der Waals surface area contributed by atoms with Crippen LogP contribution in [0, 0.1) is 0 Å². The second kappa shape index (κ2) is 10.8. The SMILES string of the molecule is CCCOc1ccc(C=CC(=O)NCCOc2ccccc2)cc1OC. The molecule has 138 valence electrons. The topological polar surface area (TPSA) is 56.8 Å². The molecule has 0 spiro atoms. The van der Waals surface area contributed by atoms with Gasteiger partial charge in [0.1, 0.15) is 12.4 Å². The molecule has 0 aliphatic rings. The fourth-order valence-electron chi connectivity index (χ4n) is 2.21. The fraction of sp³-hybridized carbons (Fsp3) is 0.286. The Bertz CT molecular complexity index is 713. The van der Waals surface area contributed by atoms with Crippen molar-refractivity contribution < 1.29 is 19.0 Å². The van der Waals surface area contributed by atoms with Crippen molar-refractivity contribution in [2.75, 3.05) is 26.9 Å². The molecule has 0 unspecified atom stereocenters. The van der Waals surface area contributed by atoms with Crippen molar-refractivity contribution in [2.45, 2.75) is 13.3 Å². The van der Waals surface area contributed by atoms with Crippen LogP contribution in [-0.2, 0) is 4.79 Å².